The molecule has 2 rings (SSSR count). The fourth-order valence-electron chi connectivity index (χ4n) is 2.46. The number of hydrogen-bond acceptors (Lipinski definition) is 1. The van der Waals surface area contributed by atoms with E-state index in [4.69, 9.17) is 0 Å². The fraction of sp³-hybridized carbons (Fsp3) is 0.538. The first-order valence-electron chi connectivity index (χ1n) is 5.86. The van der Waals surface area contributed by atoms with Crippen molar-refractivity contribution in [1.82, 2.24) is 5.32 Å². The van der Waals surface area contributed by atoms with Crippen LogP contribution in [0.4, 0.5) is 8.78 Å². The van der Waals surface area contributed by atoms with Crippen LogP contribution in [0.15, 0.2) is 12.1 Å². The number of hydrogen-bond donors (Lipinski definition) is 1. The second-order valence-electron chi connectivity index (χ2n) is 4.51. The second-order valence-corrected chi connectivity index (χ2v) is 4.51. The molecule has 0 spiro atoms. The van der Waals surface area contributed by atoms with Crippen molar-refractivity contribution in [3.63, 3.8) is 0 Å². The summed E-state index contributed by atoms with van der Waals surface area (Å²) in [4.78, 5) is 0. The molecular weight excluding hydrogens is 208 g/mol. The maximum Gasteiger partial charge on any atom is 0.162 e. The minimum absolute atomic E-state index is 0.0406. The summed E-state index contributed by atoms with van der Waals surface area (Å²) in [5.74, 6) is -1.35. The molecule has 1 aromatic carbocycles. The van der Waals surface area contributed by atoms with E-state index in [1.807, 2.05) is 6.92 Å². The quantitative estimate of drug-likeness (QED) is 0.812. The molecule has 16 heavy (non-hydrogen) atoms. The van der Waals surface area contributed by atoms with Crippen LogP contribution in [0.25, 0.3) is 0 Å². The predicted octanol–water partition coefficient (Wildman–Crippen LogP) is 3.51. The van der Waals surface area contributed by atoms with Crippen molar-refractivity contribution in [2.45, 2.75) is 38.6 Å². The van der Waals surface area contributed by atoms with Gasteiger partial charge < -0.3 is 5.32 Å². The van der Waals surface area contributed by atoms with E-state index in [2.05, 4.69) is 12.2 Å². The zero-order chi connectivity index (χ0) is 11.7. The highest BCUT2D eigenvalue weighted by atomic mass is 19.2. The van der Waals surface area contributed by atoms with Crippen molar-refractivity contribution in [3.05, 3.63) is 34.9 Å². The summed E-state index contributed by atoms with van der Waals surface area (Å²) >= 11 is 0. The van der Waals surface area contributed by atoms with E-state index in [1.165, 1.54) is 6.07 Å². The normalized spacial score (nSPS) is 24.2. The van der Waals surface area contributed by atoms with Gasteiger partial charge in [-0.3, -0.25) is 0 Å². The first kappa shape index (κ1) is 11.5. The molecule has 88 valence electrons. The average Bonchev–Trinajstić information content (AvgIpc) is 2.27. The van der Waals surface area contributed by atoms with E-state index in [-0.39, 0.29) is 12.0 Å². The smallest absolute Gasteiger partial charge is 0.162 e. The summed E-state index contributed by atoms with van der Waals surface area (Å²) in [6.07, 6.45) is 2.00. The third-order valence-corrected chi connectivity index (χ3v) is 3.28. The van der Waals surface area contributed by atoms with E-state index in [1.54, 1.807) is 6.07 Å². The number of benzene rings is 1. The van der Waals surface area contributed by atoms with Gasteiger partial charge in [0.1, 0.15) is 0 Å². The summed E-state index contributed by atoms with van der Waals surface area (Å²) in [6.45, 7) is 4.74. The van der Waals surface area contributed by atoms with Gasteiger partial charge in [-0.2, -0.15) is 0 Å². The molecule has 0 fully saturated rings. The lowest BCUT2D eigenvalue weighted by atomic mass is 9.85. The first-order chi connectivity index (χ1) is 7.65. The summed E-state index contributed by atoms with van der Waals surface area (Å²) in [5, 5.41) is 3.38. The Labute approximate surface area is 94.9 Å². The molecule has 0 bridgehead atoms. The van der Waals surface area contributed by atoms with Crippen molar-refractivity contribution in [1.29, 1.82) is 0 Å². The van der Waals surface area contributed by atoms with Crippen LogP contribution in [-0.4, -0.2) is 6.54 Å². The van der Waals surface area contributed by atoms with E-state index in [0.29, 0.717) is 5.56 Å². The van der Waals surface area contributed by atoms with Crippen molar-refractivity contribution in [2.75, 3.05) is 6.54 Å². The number of rotatable bonds is 2. The summed E-state index contributed by atoms with van der Waals surface area (Å²) in [6, 6.07) is 3.12. The first-order valence-corrected chi connectivity index (χ1v) is 5.86. The number of nitrogens with one attached hydrogen (secondary N) is 1. The Balaban J connectivity index is 2.47. The lowest BCUT2D eigenvalue weighted by Crippen LogP contribution is -2.33. The van der Waals surface area contributed by atoms with Crippen molar-refractivity contribution >= 4 is 0 Å². The van der Waals surface area contributed by atoms with Crippen molar-refractivity contribution in [3.8, 4) is 0 Å². The molecule has 1 heterocycles. The SMILES string of the molecule is CCCC1NCC(C)c2c1ccc(F)c2F. The largest absolute Gasteiger partial charge is 0.309 e. The van der Waals surface area contributed by atoms with Crippen molar-refractivity contribution in [2.24, 2.45) is 0 Å². The van der Waals surface area contributed by atoms with Gasteiger partial charge in [-0.05, 0) is 29.5 Å². The molecule has 1 aliphatic rings. The zero-order valence-electron chi connectivity index (χ0n) is 9.69. The predicted molar refractivity (Wildman–Crippen MR) is 60.4 cm³/mol. The number of fused-ring (bicyclic) bond motifs is 1. The minimum atomic E-state index is -0.734. The molecule has 1 aromatic rings. The molecule has 2 unspecified atom stereocenters. The van der Waals surface area contributed by atoms with Gasteiger partial charge in [-0.15, -0.1) is 0 Å². The van der Waals surface area contributed by atoms with E-state index >= 15 is 0 Å². The highest BCUT2D eigenvalue weighted by Crippen LogP contribution is 2.34. The number of halogens is 2. The van der Waals surface area contributed by atoms with Gasteiger partial charge in [-0.1, -0.05) is 26.3 Å². The molecule has 2 atom stereocenters. The molecule has 1 nitrogen and oxygen atoms in total. The maximum atomic E-state index is 13.7. The van der Waals surface area contributed by atoms with Crippen molar-refractivity contribution < 1.29 is 8.78 Å². The monoisotopic (exact) mass is 225 g/mol. The van der Waals surface area contributed by atoms with Crippen LogP contribution in [0, 0.1) is 11.6 Å². The Hall–Kier alpha value is -0.960. The van der Waals surface area contributed by atoms with Gasteiger partial charge in [-0.25, -0.2) is 8.78 Å². The Bertz CT molecular complexity index is 390. The van der Waals surface area contributed by atoms with Crippen LogP contribution in [-0.2, 0) is 0 Å². The molecule has 0 amide bonds. The van der Waals surface area contributed by atoms with Crippen LogP contribution in [0.2, 0.25) is 0 Å². The Morgan fingerprint density at radius 3 is 2.81 bits per heavy atom. The van der Waals surface area contributed by atoms with Crippen LogP contribution in [0.1, 0.15) is 49.8 Å². The van der Waals surface area contributed by atoms with Gasteiger partial charge in [0.2, 0.25) is 0 Å². The molecular formula is C13H17F2N. The van der Waals surface area contributed by atoms with Gasteiger partial charge in [0.05, 0.1) is 0 Å². The van der Waals surface area contributed by atoms with Crippen LogP contribution < -0.4 is 5.32 Å². The Kier molecular flexibility index (Phi) is 3.24. The topological polar surface area (TPSA) is 12.0 Å². The molecule has 3 heteroatoms. The molecule has 1 aliphatic heterocycles. The third kappa shape index (κ3) is 1.84. The second kappa shape index (κ2) is 4.50. The lowest BCUT2D eigenvalue weighted by molar-refractivity contribution is 0.413. The summed E-state index contributed by atoms with van der Waals surface area (Å²) in [5.41, 5.74) is 1.50. The van der Waals surface area contributed by atoms with Gasteiger partial charge in [0.15, 0.2) is 11.6 Å². The molecule has 0 saturated heterocycles. The average molecular weight is 225 g/mol. The standard InChI is InChI=1S/C13H17F2N/c1-3-4-11-9-5-6-10(14)13(15)12(9)8(2)7-16-11/h5-6,8,11,16H,3-4,7H2,1-2H3. The maximum absolute atomic E-state index is 13.7. The molecule has 0 radical (unpaired) electrons. The minimum Gasteiger partial charge on any atom is -0.309 e. The van der Waals surface area contributed by atoms with E-state index in [9.17, 15) is 8.78 Å². The fourth-order valence-corrected chi connectivity index (χ4v) is 2.46. The summed E-state index contributed by atoms with van der Waals surface area (Å²) in [7, 11) is 0. The van der Waals surface area contributed by atoms with E-state index < -0.39 is 11.6 Å². The van der Waals surface area contributed by atoms with Gasteiger partial charge in [0.25, 0.3) is 0 Å². The van der Waals surface area contributed by atoms with Crippen LogP contribution >= 0.6 is 0 Å². The van der Waals surface area contributed by atoms with Gasteiger partial charge >= 0.3 is 0 Å². The highest BCUT2D eigenvalue weighted by molar-refractivity contribution is 5.37. The van der Waals surface area contributed by atoms with Crippen LogP contribution in [0.3, 0.4) is 0 Å². The molecule has 0 saturated carbocycles. The third-order valence-electron chi connectivity index (χ3n) is 3.28. The lowest BCUT2D eigenvalue weighted by Gasteiger charge is -2.31. The molecule has 0 aromatic heterocycles. The zero-order valence-corrected chi connectivity index (χ0v) is 9.69. The molecule has 1 N–H and O–H groups in total. The Morgan fingerprint density at radius 1 is 1.38 bits per heavy atom. The highest BCUT2D eigenvalue weighted by Gasteiger charge is 2.27. The van der Waals surface area contributed by atoms with E-state index in [0.717, 1.165) is 24.9 Å². The van der Waals surface area contributed by atoms with Crippen LogP contribution in [0.5, 0.6) is 0 Å². The molecule has 0 aliphatic carbocycles. The Morgan fingerprint density at radius 2 is 2.12 bits per heavy atom. The summed E-state index contributed by atoms with van der Waals surface area (Å²) < 4.78 is 26.9. The van der Waals surface area contributed by atoms with Gasteiger partial charge in [0, 0.05) is 12.6 Å².